The van der Waals surface area contributed by atoms with E-state index in [4.69, 9.17) is 14.7 Å². The van der Waals surface area contributed by atoms with E-state index in [0.29, 0.717) is 29.8 Å². The summed E-state index contributed by atoms with van der Waals surface area (Å²) in [5.41, 5.74) is 2.46. The van der Waals surface area contributed by atoms with Gasteiger partial charge >= 0.3 is 0 Å². The summed E-state index contributed by atoms with van der Waals surface area (Å²) in [5.74, 6) is 3.61. The molecule has 1 fully saturated rings. The van der Waals surface area contributed by atoms with Gasteiger partial charge in [-0.2, -0.15) is 5.26 Å². The number of nitrogens with zero attached hydrogens (tertiary/aromatic N) is 3. The average Bonchev–Trinajstić information content (AvgIpc) is 2.84. The van der Waals surface area contributed by atoms with Crippen LogP contribution in [0.15, 0.2) is 30.6 Å². The molecule has 172 valence electrons. The van der Waals surface area contributed by atoms with Crippen LogP contribution in [0.3, 0.4) is 0 Å². The molecule has 4 nitrogen and oxygen atoms in total. The van der Waals surface area contributed by atoms with Gasteiger partial charge in [-0.05, 0) is 48.8 Å². The van der Waals surface area contributed by atoms with Gasteiger partial charge in [0.25, 0.3) is 0 Å². The van der Waals surface area contributed by atoms with Gasteiger partial charge in [0.15, 0.2) is 0 Å². The first kappa shape index (κ1) is 24.2. The molecule has 0 amide bonds. The highest BCUT2D eigenvalue weighted by atomic mass is 16.5. The number of hydrogen-bond acceptors (Lipinski definition) is 4. The molecule has 1 aromatic carbocycles. The van der Waals surface area contributed by atoms with Gasteiger partial charge < -0.3 is 4.74 Å². The van der Waals surface area contributed by atoms with Crippen molar-refractivity contribution in [3.05, 3.63) is 42.0 Å². The van der Waals surface area contributed by atoms with Crippen LogP contribution in [0, 0.1) is 23.2 Å². The van der Waals surface area contributed by atoms with E-state index in [1.165, 1.54) is 51.4 Å². The summed E-state index contributed by atoms with van der Waals surface area (Å²) in [6.07, 6.45) is 16.7. The topological polar surface area (TPSA) is 58.8 Å². The minimum atomic E-state index is 0.393. The molecule has 4 heteroatoms. The van der Waals surface area contributed by atoms with Crippen LogP contribution in [0.5, 0.6) is 5.75 Å². The molecule has 3 rings (SSSR count). The quantitative estimate of drug-likeness (QED) is 0.341. The molecule has 1 aliphatic rings. The van der Waals surface area contributed by atoms with Crippen LogP contribution in [-0.4, -0.2) is 16.6 Å². The minimum Gasteiger partial charge on any atom is -0.492 e. The Balaban J connectivity index is 1.59. The third kappa shape index (κ3) is 6.55. The molecule has 0 bridgehead atoms. The molecular weight excluding hydrogens is 394 g/mol. The van der Waals surface area contributed by atoms with Crippen LogP contribution < -0.4 is 4.74 Å². The Kier molecular flexibility index (Phi) is 9.53. The highest BCUT2D eigenvalue weighted by molar-refractivity contribution is 5.65. The Labute approximate surface area is 194 Å². The number of hydrogen-bond donors (Lipinski definition) is 0. The number of unbranched alkanes of at least 4 members (excludes halogenated alkanes) is 3. The van der Waals surface area contributed by atoms with Crippen LogP contribution in [0.25, 0.3) is 11.1 Å². The zero-order valence-corrected chi connectivity index (χ0v) is 20.1. The second-order valence-corrected chi connectivity index (χ2v) is 9.42. The van der Waals surface area contributed by atoms with E-state index in [1.807, 2.05) is 30.6 Å². The highest BCUT2D eigenvalue weighted by Crippen LogP contribution is 2.39. The SMILES string of the molecule is CCCCCC1CCC(C(C)c2ncc(-c3ccc(OCCCC)c(C#N)c3)cn2)CC1. The zero-order chi connectivity index (χ0) is 22.8. The lowest BCUT2D eigenvalue weighted by Crippen LogP contribution is -2.20. The van der Waals surface area contributed by atoms with Crippen molar-refractivity contribution in [1.82, 2.24) is 9.97 Å². The molecule has 1 atom stereocenters. The molecule has 0 spiro atoms. The molecule has 1 unspecified atom stereocenters. The maximum Gasteiger partial charge on any atom is 0.137 e. The normalized spacial score (nSPS) is 19.3. The Hall–Kier alpha value is -2.41. The molecule has 0 radical (unpaired) electrons. The van der Waals surface area contributed by atoms with E-state index < -0.39 is 0 Å². The maximum absolute atomic E-state index is 9.53. The van der Waals surface area contributed by atoms with Crippen LogP contribution in [0.4, 0.5) is 0 Å². The number of nitriles is 1. The van der Waals surface area contributed by atoms with Crippen LogP contribution in [-0.2, 0) is 0 Å². The Morgan fingerprint density at radius 1 is 1.00 bits per heavy atom. The third-order valence-corrected chi connectivity index (χ3v) is 7.08. The molecule has 1 saturated carbocycles. The fourth-order valence-corrected chi connectivity index (χ4v) is 4.84. The first-order valence-corrected chi connectivity index (χ1v) is 12.7. The highest BCUT2D eigenvalue weighted by Gasteiger charge is 2.27. The monoisotopic (exact) mass is 433 g/mol. The Morgan fingerprint density at radius 3 is 2.38 bits per heavy atom. The minimum absolute atomic E-state index is 0.393. The predicted octanol–water partition coefficient (Wildman–Crippen LogP) is 7.68. The molecule has 32 heavy (non-hydrogen) atoms. The summed E-state index contributed by atoms with van der Waals surface area (Å²) in [4.78, 5) is 9.45. The zero-order valence-electron chi connectivity index (χ0n) is 20.1. The molecule has 0 saturated heterocycles. The Morgan fingerprint density at radius 2 is 1.72 bits per heavy atom. The van der Waals surface area contributed by atoms with Crippen molar-refractivity contribution in [2.45, 2.75) is 90.9 Å². The molecular formula is C28H39N3O. The van der Waals surface area contributed by atoms with Gasteiger partial charge in [-0.3, -0.25) is 0 Å². The average molecular weight is 434 g/mol. The second-order valence-electron chi connectivity index (χ2n) is 9.42. The standard InChI is InChI=1S/C28H39N3O/c1-4-6-8-9-22-10-12-23(13-11-22)21(3)28-30-19-26(20-31-28)24-14-15-27(25(17-24)18-29)32-16-7-5-2/h14-15,17,19-23H,4-13,16H2,1-3H3. The summed E-state index contributed by atoms with van der Waals surface area (Å²) < 4.78 is 5.76. The van der Waals surface area contributed by atoms with Crippen molar-refractivity contribution in [3.8, 4) is 22.9 Å². The number of ether oxygens (including phenoxy) is 1. The van der Waals surface area contributed by atoms with E-state index in [2.05, 4.69) is 26.8 Å². The predicted molar refractivity (Wildman–Crippen MR) is 131 cm³/mol. The smallest absolute Gasteiger partial charge is 0.137 e. The van der Waals surface area contributed by atoms with Gasteiger partial charge in [-0.1, -0.05) is 71.8 Å². The van der Waals surface area contributed by atoms with Crippen molar-refractivity contribution in [2.75, 3.05) is 6.61 Å². The number of aromatic nitrogens is 2. The summed E-state index contributed by atoms with van der Waals surface area (Å²) in [7, 11) is 0. The van der Waals surface area contributed by atoms with E-state index in [-0.39, 0.29) is 0 Å². The van der Waals surface area contributed by atoms with Crippen molar-refractivity contribution in [2.24, 2.45) is 11.8 Å². The lowest BCUT2D eigenvalue weighted by atomic mass is 9.74. The molecule has 1 heterocycles. The van der Waals surface area contributed by atoms with Gasteiger partial charge in [-0.25, -0.2) is 9.97 Å². The molecule has 2 aromatic rings. The Bertz CT molecular complexity index is 863. The lowest BCUT2D eigenvalue weighted by molar-refractivity contribution is 0.232. The molecule has 0 N–H and O–H groups in total. The summed E-state index contributed by atoms with van der Waals surface area (Å²) in [5, 5.41) is 9.53. The van der Waals surface area contributed by atoms with Gasteiger partial charge in [0, 0.05) is 23.9 Å². The van der Waals surface area contributed by atoms with Gasteiger partial charge in [0.05, 0.1) is 12.2 Å². The number of rotatable bonds is 11. The summed E-state index contributed by atoms with van der Waals surface area (Å²) in [6.45, 7) is 7.33. The van der Waals surface area contributed by atoms with Crippen molar-refractivity contribution >= 4 is 0 Å². The van der Waals surface area contributed by atoms with E-state index in [9.17, 15) is 5.26 Å². The first-order valence-electron chi connectivity index (χ1n) is 12.7. The van der Waals surface area contributed by atoms with Crippen LogP contribution in [0.1, 0.15) is 102 Å². The van der Waals surface area contributed by atoms with Crippen molar-refractivity contribution < 1.29 is 4.74 Å². The largest absolute Gasteiger partial charge is 0.492 e. The summed E-state index contributed by atoms with van der Waals surface area (Å²) in [6, 6.07) is 8.01. The maximum atomic E-state index is 9.53. The number of benzene rings is 1. The summed E-state index contributed by atoms with van der Waals surface area (Å²) >= 11 is 0. The van der Waals surface area contributed by atoms with Gasteiger partial charge in [0.2, 0.25) is 0 Å². The van der Waals surface area contributed by atoms with Crippen molar-refractivity contribution in [1.29, 1.82) is 5.26 Å². The fourth-order valence-electron chi connectivity index (χ4n) is 4.84. The lowest BCUT2D eigenvalue weighted by Gasteiger charge is -2.31. The van der Waals surface area contributed by atoms with Crippen LogP contribution in [0.2, 0.25) is 0 Å². The van der Waals surface area contributed by atoms with E-state index in [1.54, 1.807) is 0 Å². The third-order valence-electron chi connectivity index (χ3n) is 7.08. The molecule has 0 aliphatic heterocycles. The van der Waals surface area contributed by atoms with Crippen molar-refractivity contribution in [3.63, 3.8) is 0 Å². The fraction of sp³-hybridized carbons (Fsp3) is 0.607. The molecule has 1 aliphatic carbocycles. The van der Waals surface area contributed by atoms with Crippen LogP contribution >= 0.6 is 0 Å². The first-order chi connectivity index (χ1) is 15.7. The van der Waals surface area contributed by atoms with Gasteiger partial charge in [0.1, 0.15) is 17.6 Å². The van der Waals surface area contributed by atoms with E-state index in [0.717, 1.165) is 35.7 Å². The van der Waals surface area contributed by atoms with Gasteiger partial charge in [-0.15, -0.1) is 0 Å². The van der Waals surface area contributed by atoms with E-state index >= 15 is 0 Å². The second kappa shape index (κ2) is 12.6. The molecule has 1 aromatic heterocycles.